The van der Waals surface area contributed by atoms with Crippen LogP contribution in [-0.4, -0.2) is 31.1 Å². The standard InChI is InChI=1S/C13H22N2S/c1-10-7-12(11(2)16-10)9-15(3)13-5-4-6-14-8-13/h7,13-14H,4-6,8-9H2,1-3H3. The van der Waals surface area contributed by atoms with Crippen LogP contribution in [0.3, 0.4) is 0 Å². The fraction of sp³-hybridized carbons (Fsp3) is 0.692. The summed E-state index contributed by atoms with van der Waals surface area (Å²) in [6.07, 6.45) is 2.66. The molecule has 1 N–H and O–H groups in total. The summed E-state index contributed by atoms with van der Waals surface area (Å²) in [5.41, 5.74) is 1.51. The Morgan fingerprint density at radius 1 is 1.50 bits per heavy atom. The highest BCUT2D eigenvalue weighted by Gasteiger charge is 2.18. The first kappa shape index (κ1) is 12.1. The number of piperidine rings is 1. The molecule has 0 spiro atoms. The van der Waals surface area contributed by atoms with Gasteiger partial charge in [-0.15, -0.1) is 11.3 Å². The summed E-state index contributed by atoms with van der Waals surface area (Å²) in [6.45, 7) is 7.88. The van der Waals surface area contributed by atoms with Crippen molar-refractivity contribution >= 4 is 11.3 Å². The van der Waals surface area contributed by atoms with Crippen molar-refractivity contribution in [1.82, 2.24) is 10.2 Å². The average molecular weight is 238 g/mol. The first-order valence-electron chi connectivity index (χ1n) is 6.13. The van der Waals surface area contributed by atoms with E-state index in [1.807, 2.05) is 11.3 Å². The third-order valence-corrected chi connectivity index (χ3v) is 4.47. The summed E-state index contributed by atoms with van der Waals surface area (Å²) in [6, 6.07) is 3.06. The Morgan fingerprint density at radius 3 is 2.88 bits per heavy atom. The topological polar surface area (TPSA) is 15.3 Å². The van der Waals surface area contributed by atoms with Crippen LogP contribution in [0.15, 0.2) is 6.07 Å². The van der Waals surface area contributed by atoms with E-state index >= 15 is 0 Å². The number of aryl methyl sites for hydroxylation is 2. The molecule has 2 rings (SSSR count). The predicted molar refractivity (Wildman–Crippen MR) is 71.2 cm³/mol. The van der Waals surface area contributed by atoms with E-state index in [2.05, 4.69) is 37.2 Å². The largest absolute Gasteiger partial charge is 0.315 e. The molecule has 16 heavy (non-hydrogen) atoms. The van der Waals surface area contributed by atoms with Gasteiger partial charge < -0.3 is 5.32 Å². The van der Waals surface area contributed by atoms with E-state index in [1.54, 1.807) is 0 Å². The van der Waals surface area contributed by atoms with Gasteiger partial charge in [0.2, 0.25) is 0 Å². The Hall–Kier alpha value is -0.380. The van der Waals surface area contributed by atoms with Crippen LogP contribution in [0.2, 0.25) is 0 Å². The molecule has 1 aliphatic heterocycles. The van der Waals surface area contributed by atoms with Crippen LogP contribution in [0.4, 0.5) is 0 Å². The first-order chi connectivity index (χ1) is 7.66. The number of nitrogens with one attached hydrogen (secondary N) is 1. The smallest absolute Gasteiger partial charge is 0.0245 e. The maximum Gasteiger partial charge on any atom is 0.0245 e. The molecule has 1 aromatic heterocycles. The van der Waals surface area contributed by atoms with Gasteiger partial charge in [-0.2, -0.15) is 0 Å². The van der Waals surface area contributed by atoms with Crippen LogP contribution in [0.5, 0.6) is 0 Å². The highest BCUT2D eigenvalue weighted by atomic mass is 32.1. The second-order valence-corrected chi connectivity index (χ2v) is 6.31. The molecule has 0 saturated carbocycles. The number of hydrogen-bond acceptors (Lipinski definition) is 3. The first-order valence-corrected chi connectivity index (χ1v) is 6.95. The summed E-state index contributed by atoms with van der Waals surface area (Å²) in [7, 11) is 2.25. The molecular formula is C13H22N2S. The normalized spacial score (nSPS) is 21.6. The van der Waals surface area contributed by atoms with Crippen LogP contribution in [0.25, 0.3) is 0 Å². The SMILES string of the molecule is Cc1cc(CN(C)C2CCCNC2)c(C)s1. The molecule has 1 unspecified atom stereocenters. The van der Waals surface area contributed by atoms with Gasteiger partial charge in [0.05, 0.1) is 0 Å². The van der Waals surface area contributed by atoms with Gasteiger partial charge in [-0.05, 0) is 51.9 Å². The van der Waals surface area contributed by atoms with Crippen LogP contribution in [-0.2, 0) is 6.54 Å². The molecule has 0 amide bonds. The highest BCUT2D eigenvalue weighted by molar-refractivity contribution is 7.12. The van der Waals surface area contributed by atoms with Gasteiger partial charge in [-0.1, -0.05) is 0 Å². The summed E-state index contributed by atoms with van der Waals surface area (Å²) in [4.78, 5) is 5.41. The fourth-order valence-corrected chi connectivity index (χ4v) is 3.39. The lowest BCUT2D eigenvalue weighted by Crippen LogP contribution is -2.43. The molecule has 0 radical (unpaired) electrons. The summed E-state index contributed by atoms with van der Waals surface area (Å²) in [5, 5.41) is 3.48. The minimum absolute atomic E-state index is 0.716. The molecule has 0 aliphatic carbocycles. The molecule has 3 heteroatoms. The maximum atomic E-state index is 3.48. The molecule has 90 valence electrons. The zero-order chi connectivity index (χ0) is 11.5. The minimum Gasteiger partial charge on any atom is -0.315 e. The number of likely N-dealkylation sites (N-methyl/N-ethyl adjacent to an activating group) is 1. The fourth-order valence-electron chi connectivity index (χ4n) is 2.45. The van der Waals surface area contributed by atoms with E-state index in [-0.39, 0.29) is 0 Å². The van der Waals surface area contributed by atoms with E-state index in [4.69, 9.17) is 0 Å². The van der Waals surface area contributed by atoms with Gasteiger partial charge in [-0.3, -0.25) is 4.90 Å². The van der Waals surface area contributed by atoms with Gasteiger partial charge >= 0.3 is 0 Å². The summed E-state index contributed by atoms with van der Waals surface area (Å²) < 4.78 is 0. The van der Waals surface area contributed by atoms with Crippen LogP contribution < -0.4 is 5.32 Å². The Labute approximate surface area is 103 Å². The van der Waals surface area contributed by atoms with E-state index < -0.39 is 0 Å². The van der Waals surface area contributed by atoms with Crippen molar-refractivity contribution in [2.75, 3.05) is 20.1 Å². The quantitative estimate of drug-likeness (QED) is 0.870. The molecule has 2 heterocycles. The monoisotopic (exact) mass is 238 g/mol. The van der Waals surface area contributed by atoms with Crippen LogP contribution in [0, 0.1) is 13.8 Å². The zero-order valence-electron chi connectivity index (χ0n) is 10.5. The molecule has 1 aromatic rings. The van der Waals surface area contributed by atoms with Crippen molar-refractivity contribution in [1.29, 1.82) is 0 Å². The number of thiophene rings is 1. The third-order valence-electron chi connectivity index (χ3n) is 3.46. The lowest BCUT2D eigenvalue weighted by Gasteiger charge is -2.31. The zero-order valence-corrected chi connectivity index (χ0v) is 11.4. The lowest BCUT2D eigenvalue weighted by molar-refractivity contribution is 0.196. The van der Waals surface area contributed by atoms with E-state index in [1.165, 1.54) is 34.7 Å². The van der Waals surface area contributed by atoms with Crippen molar-refractivity contribution < 1.29 is 0 Å². The maximum absolute atomic E-state index is 3.48. The van der Waals surface area contributed by atoms with Crippen molar-refractivity contribution in [2.24, 2.45) is 0 Å². The van der Waals surface area contributed by atoms with Crippen molar-refractivity contribution in [2.45, 2.75) is 39.3 Å². The Balaban J connectivity index is 1.95. The minimum atomic E-state index is 0.716. The van der Waals surface area contributed by atoms with E-state index in [0.29, 0.717) is 6.04 Å². The van der Waals surface area contributed by atoms with E-state index in [9.17, 15) is 0 Å². The predicted octanol–water partition coefficient (Wildman–Crippen LogP) is 2.55. The van der Waals surface area contributed by atoms with Crippen LogP contribution >= 0.6 is 11.3 Å². The second kappa shape index (κ2) is 5.30. The van der Waals surface area contributed by atoms with Crippen LogP contribution in [0.1, 0.15) is 28.2 Å². The summed E-state index contributed by atoms with van der Waals surface area (Å²) in [5.74, 6) is 0. The molecule has 1 aliphatic rings. The lowest BCUT2D eigenvalue weighted by atomic mass is 10.1. The molecule has 1 atom stereocenters. The van der Waals surface area contributed by atoms with Gasteiger partial charge in [0, 0.05) is 28.9 Å². The number of nitrogens with zero attached hydrogens (tertiary/aromatic N) is 1. The molecule has 0 bridgehead atoms. The van der Waals surface area contributed by atoms with E-state index in [0.717, 1.165) is 13.1 Å². The van der Waals surface area contributed by atoms with Crippen molar-refractivity contribution in [3.63, 3.8) is 0 Å². The third kappa shape index (κ3) is 2.84. The average Bonchev–Trinajstić information content (AvgIpc) is 2.59. The number of rotatable bonds is 3. The van der Waals surface area contributed by atoms with Gasteiger partial charge in [0.1, 0.15) is 0 Å². The van der Waals surface area contributed by atoms with Crippen molar-refractivity contribution in [3.8, 4) is 0 Å². The highest BCUT2D eigenvalue weighted by Crippen LogP contribution is 2.23. The molecule has 2 nitrogen and oxygen atoms in total. The van der Waals surface area contributed by atoms with Gasteiger partial charge in [-0.25, -0.2) is 0 Å². The second-order valence-electron chi connectivity index (χ2n) is 4.85. The van der Waals surface area contributed by atoms with Crippen molar-refractivity contribution in [3.05, 3.63) is 21.4 Å². The number of hydrogen-bond donors (Lipinski definition) is 1. The van der Waals surface area contributed by atoms with Gasteiger partial charge in [0.25, 0.3) is 0 Å². The molecule has 1 fully saturated rings. The molecule has 1 saturated heterocycles. The Kier molecular flexibility index (Phi) is 4.00. The van der Waals surface area contributed by atoms with Gasteiger partial charge in [0.15, 0.2) is 0 Å². The Bertz CT molecular complexity index is 340. The molecular weight excluding hydrogens is 216 g/mol. The summed E-state index contributed by atoms with van der Waals surface area (Å²) >= 11 is 1.92. The molecule has 0 aromatic carbocycles. The Morgan fingerprint density at radius 2 is 2.31 bits per heavy atom.